The van der Waals surface area contributed by atoms with Gasteiger partial charge in [-0.15, -0.1) is 0 Å². The highest BCUT2D eigenvalue weighted by molar-refractivity contribution is 5.92. The molecular formula is C15H19NO4. The maximum absolute atomic E-state index is 11.6. The van der Waals surface area contributed by atoms with Crippen molar-refractivity contribution in [2.75, 3.05) is 13.7 Å². The number of esters is 1. The third kappa shape index (κ3) is 2.87. The number of fused-ring (bicyclic) bond motifs is 1. The van der Waals surface area contributed by atoms with Gasteiger partial charge in [-0.1, -0.05) is 0 Å². The van der Waals surface area contributed by atoms with E-state index in [0.29, 0.717) is 18.1 Å². The fourth-order valence-corrected chi connectivity index (χ4v) is 2.34. The van der Waals surface area contributed by atoms with Gasteiger partial charge in [0.2, 0.25) is 0 Å². The Balaban J connectivity index is 2.44. The lowest BCUT2D eigenvalue weighted by molar-refractivity contribution is -0.137. The minimum absolute atomic E-state index is 0.0531. The molecule has 1 atom stereocenters. The summed E-state index contributed by atoms with van der Waals surface area (Å²) >= 11 is 0. The molecule has 1 aromatic carbocycles. The van der Waals surface area contributed by atoms with Crippen LogP contribution >= 0.6 is 0 Å². The topological polar surface area (TPSA) is 67.8 Å². The standard InChI is InChI=1S/C15H19NO4/c1-4-20-15(18)8-12-11-7-13(17)14(19-3)6-10(11)5-9(2)16-12/h6-9,16-17H,4-5H2,1-3H3/b12-8-. The van der Waals surface area contributed by atoms with Crippen molar-refractivity contribution in [2.24, 2.45) is 0 Å². The normalized spacial score (nSPS) is 19.1. The van der Waals surface area contributed by atoms with Gasteiger partial charge < -0.3 is 19.9 Å². The summed E-state index contributed by atoms with van der Waals surface area (Å²) in [5, 5.41) is 13.1. The molecule has 1 aromatic rings. The fraction of sp³-hybridized carbons (Fsp3) is 0.400. The van der Waals surface area contributed by atoms with E-state index in [1.165, 1.54) is 13.2 Å². The Morgan fingerprint density at radius 2 is 2.30 bits per heavy atom. The van der Waals surface area contributed by atoms with Gasteiger partial charge in [0.1, 0.15) is 0 Å². The molecule has 0 saturated heterocycles. The zero-order valence-electron chi connectivity index (χ0n) is 11.9. The zero-order chi connectivity index (χ0) is 14.7. The number of methoxy groups -OCH3 is 1. The highest BCUT2D eigenvalue weighted by Gasteiger charge is 2.22. The molecule has 5 heteroatoms. The van der Waals surface area contributed by atoms with Crippen molar-refractivity contribution in [2.45, 2.75) is 26.3 Å². The summed E-state index contributed by atoms with van der Waals surface area (Å²) < 4.78 is 10.0. The van der Waals surface area contributed by atoms with Crippen LogP contribution in [0, 0.1) is 0 Å². The van der Waals surface area contributed by atoms with Gasteiger partial charge >= 0.3 is 5.97 Å². The van der Waals surface area contributed by atoms with Crippen LogP contribution in [0.3, 0.4) is 0 Å². The molecule has 0 aromatic heterocycles. The lowest BCUT2D eigenvalue weighted by Crippen LogP contribution is -2.32. The minimum Gasteiger partial charge on any atom is -0.504 e. The minimum atomic E-state index is -0.398. The maximum Gasteiger partial charge on any atom is 0.332 e. The van der Waals surface area contributed by atoms with E-state index in [9.17, 15) is 9.90 Å². The van der Waals surface area contributed by atoms with Gasteiger partial charge in [-0.25, -0.2) is 4.79 Å². The van der Waals surface area contributed by atoms with Crippen molar-refractivity contribution in [1.82, 2.24) is 5.32 Å². The Bertz CT molecular complexity index is 551. The van der Waals surface area contributed by atoms with Crippen molar-refractivity contribution >= 4 is 11.7 Å². The number of carbonyl (C=O) groups is 1. The number of aromatic hydroxyl groups is 1. The summed E-state index contributed by atoms with van der Waals surface area (Å²) in [6.45, 7) is 4.12. The van der Waals surface area contributed by atoms with Crippen molar-refractivity contribution in [1.29, 1.82) is 0 Å². The number of benzene rings is 1. The van der Waals surface area contributed by atoms with Crippen molar-refractivity contribution in [3.05, 3.63) is 29.3 Å². The van der Waals surface area contributed by atoms with E-state index in [1.54, 1.807) is 19.1 Å². The summed E-state index contributed by atoms with van der Waals surface area (Å²) in [6.07, 6.45) is 2.22. The molecule has 0 fully saturated rings. The lowest BCUT2D eigenvalue weighted by Gasteiger charge is -2.27. The zero-order valence-corrected chi connectivity index (χ0v) is 11.9. The van der Waals surface area contributed by atoms with Gasteiger partial charge in [0, 0.05) is 23.4 Å². The predicted molar refractivity (Wildman–Crippen MR) is 75.6 cm³/mol. The number of rotatable bonds is 3. The highest BCUT2D eigenvalue weighted by atomic mass is 16.5. The quantitative estimate of drug-likeness (QED) is 0.652. The number of hydrogen-bond donors (Lipinski definition) is 2. The molecule has 1 aliphatic rings. The van der Waals surface area contributed by atoms with Crippen molar-refractivity contribution < 1.29 is 19.4 Å². The average Bonchev–Trinajstić information content (AvgIpc) is 2.39. The molecule has 0 bridgehead atoms. The Morgan fingerprint density at radius 1 is 1.55 bits per heavy atom. The number of phenolic OH excluding ortho intramolecular Hbond substituents is 1. The van der Waals surface area contributed by atoms with Crippen molar-refractivity contribution in [3.63, 3.8) is 0 Å². The van der Waals surface area contributed by atoms with Crippen LogP contribution in [-0.2, 0) is 16.0 Å². The largest absolute Gasteiger partial charge is 0.504 e. The molecule has 0 saturated carbocycles. The summed E-state index contributed by atoms with van der Waals surface area (Å²) in [6, 6.07) is 3.61. The van der Waals surface area contributed by atoms with E-state index in [2.05, 4.69) is 5.32 Å². The number of carbonyl (C=O) groups excluding carboxylic acids is 1. The van der Waals surface area contributed by atoms with Crippen LogP contribution in [0.2, 0.25) is 0 Å². The summed E-state index contributed by atoms with van der Waals surface area (Å²) in [5.74, 6) is 0.0936. The molecule has 1 heterocycles. The first-order valence-electron chi connectivity index (χ1n) is 6.60. The molecule has 2 rings (SSSR count). The first-order chi connectivity index (χ1) is 9.55. The Hall–Kier alpha value is -2.17. The maximum atomic E-state index is 11.6. The molecule has 2 N–H and O–H groups in total. The van der Waals surface area contributed by atoms with Gasteiger partial charge in [0.15, 0.2) is 11.5 Å². The molecule has 0 radical (unpaired) electrons. The molecule has 20 heavy (non-hydrogen) atoms. The molecule has 0 spiro atoms. The number of phenols is 1. The van der Waals surface area contributed by atoms with Crippen LogP contribution in [0.15, 0.2) is 18.2 Å². The molecule has 108 valence electrons. The molecule has 1 aliphatic heterocycles. The molecule has 1 unspecified atom stereocenters. The van der Waals surface area contributed by atoms with Crippen molar-refractivity contribution in [3.8, 4) is 11.5 Å². The first kappa shape index (κ1) is 14.2. The van der Waals surface area contributed by atoms with E-state index in [-0.39, 0.29) is 11.8 Å². The third-order valence-corrected chi connectivity index (χ3v) is 3.17. The monoisotopic (exact) mass is 277 g/mol. The van der Waals surface area contributed by atoms with Crippen LogP contribution in [0.25, 0.3) is 5.70 Å². The number of nitrogens with one attached hydrogen (secondary N) is 1. The van der Waals surface area contributed by atoms with E-state index in [4.69, 9.17) is 9.47 Å². The lowest BCUT2D eigenvalue weighted by atomic mass is 9.93. The highest BCUT2D eigenvalue weighted by Crippen LogP contribution is 2.35. The van der Waals surface area contributed by atoms with Crippen LogP contribution in [0.5, 0.6) is 11.5 Å². The van der Waals surface area contributed by atoms with Crippen LogP contribution < -0.4 is 10.1 Å². The van der Waals surface area contributed by atoms with E-state index < -0.39 is 5.97 Å². The van der Waals surface area contributed by atoms with Gasteiger partial charge in [-0.05, 0) is 38.0 Å². The Kier molecular flexibility index (Phi) is 4.17. The molecule has 0 aliphatic carbocycles. The van der Waals surface area contributed by atoms with Crippen LogP contribution in [-0.4, -0.2) is 30.8 Å². The summed E-state index contributed by atoms with van der Waals surface area (Å²) in [4.78, 5) is 11.6. The Morgan fingerprint density at radius 3 is 2.95 bits per heavy atom. The first-order valence-corrected chi connectivity index (χ1v) is 6.60. The Labute approximate surface area is 118 Å². The van der Waals surface area contributed by atoms with E-state index in [0.717, 1.165) is 17.5 Å². The van der Waals surface area contributed by atoms with Crippen LogP contribution in [0.4, 0.5) is 0 Å². The predicted octanol–water partition coefficient (Wildman–Crippen LogP) is 1.84. The van der Waals surface area contributed by atoms with E-state index >= 15 is 0 Å². The molecular weight excluding hydrogens is 258 g/mol. The van der Waals surface area contributed by atoms with Crippen LogP contribution in [0.1, 0.15) is 25.0 Å². The van der Waals surface area contributed by atoms with Gasteiger partial charge in [0.05, 0.1) is 13.7 Å². The van der Waals surface area contributed by atoms with Gasteiger partial charge in [0.25, 0.3) is 0 Å². The third-order valence-electron chi connectivity index (χ3n) is 3.17. The fourth-order valence-electron chi connectivity index (χ4n) is 2.34. The number of hydrogen-bond acceptors (Lipinski definition) is 5. The van der Waals surface area contributed by atoms with Gasteiger partial charge in [-0.3, -0.25) is 0 Å². The average molecular weight is 277 g/mol. The second-order valence-electron chi connectivity index (χ2n) is 4.74. The second kappa shape index (κ2) is 5.86. The number of ether oxygens (including phenoxy) is 2. The van der Waals surface area contributed by atoms with Gasteiger partial charge in [-0.2, -0.15) is 0 Å². The smallest absolute Gasteiger partial charge is 0.332 e. The van der Waals surface area contributed by atoms with E-state index in [1.807, 2.05) is 6.92 Å². The summed E-state index contributed by atoms with van der Waals surface area (Å²) in [5.41, 5.74) is 2.49. The second-order valence-corrected chi connectivity index (χ2v) is 4.74. The molecule has 5 nitrogen and oxygen atoms in total. The summed E-state index contributed by atoms with van der Waals surface area (Å²) in [7, 11) is 1.52. The molecule has 0 amide bonds. The SMILES string of the molecule is CCOC(=O)/C=C1\NC(C)Cc2cc(OC)c(O)cc21.